The molecule has 0 aromatic heterocycles. The molecule has 22 heavy (non-hydrogen) atoms. The second kappa shape index (κ2) is 10.2. The van der Waals surface area contributed by atoms with Crippen molar-refractivity contribution in [3.8, 4) is 0 Å². The first-order chi connectivity index (χ1) is 10.3. The normalized spacial score (nSPS) is 16.1. The molecular formula is C12H27N4O5P. The molecule has 8 N–H and O–H groups in total. The maximum absolute atomic E-state index is 12.8. The molecule has 9 nitrogen and oxygen atoms in total. The maximum Gasteiger partial charge on any atom is 0.341 e. The number of carbonyl (C=O) groups is 2. The predicted molar refractivity (Wildman–Crippen MR) is 83.3 cm³/mol. The predicted octanol–water partition coefficient (Wildman–Crippen LogP) is -1.28. The molecule has 0 spiro atoms. The van der Waals surface area contributed by atoms with Crippen LogP contribution in [0.3, 0.4) is 0 Å². The minimum absolute atomic E-state index is 0.0516. The summed E-state index contributed by atoms with van der Waals surface area (Å²) in [5, 5.41) is 0. The summed E-state index contributed by atoms with van der Waals surface area (Å²) in [7, 11) is -3.86. The monoisotopic (exact) mass is 338 g/mol. The van der Waals surface area contributed by atoms with E-state index in [0.29, 0.717) is 0 Å². The molecule has 0 fully saturated rings. The van der Waals surface area contributed by atoms with Crippen LogP contribution in [0.4, 0.5) is 0 Å². The standard InChI is InChI=1S/C12H27N4O5P/c1-3-20-22(19,21-4-2)11(12(18)9(16)7-14)5-10(17)8(15)6-13/h8-9,11H,3-7,13-16H2,1-2H3. The van der Waals surface area contributed by atoms with Gasteiger partial charge in [0.15, 0.2) is 11.6 Å². The molecule has 0 heterocycles. The highest BCUT2D eigenvalue weighted by Gasteiger charge is 2.44. The summed E-state index contributed by atoms with van der Waals surface area (Å²) < 4.78 is 23.1. The molecule has 0 rings (SSSR count). The average molecular weight is 338 g/mol. The van der Waals surface area contributed by atoms with Crippen molar-refractivity contribution < 1.29 is 23.2 Å². The van der Waals surface area contributed by atoms with E-state index in [1.807, 2.05) is 0 Å². The Bertz CT molecular complexity index is 410. The third kappa shape index (κ3) is 5.85. The Morgan fingerprint density at radius 1 is 1.00 bits per heavy atom. The second-order valence-electron chi connectivity index (χ2n) is 4.65. The summed E-state index contributed by atoms with van der Waals surface area (Å²) >= 11 is 0. The Labute approximate surface area is 130 Å². The Hall–Kier alpha value is -0.670. The molecule has 0 radical (unpaired) electrons. The highest BCUT2D eigenvalue weighted by Crippen LogP contribution is 2.54. The van der Waals surface area contributed by atoms with Crippen LogP contribution in [0.25, 0.3) is 0 Å². The van der Waals surface area contributed by atoms with Gasteiger partial charge in [-0.25, -0.2) is 0 Å². The first kappa shape index (κ1) is 21.3. The third-order valence-electron chi connectivity index (χ3n) is 3.01. The van der Waals surface area contributed by atoms with Crippen molar-refractivity contribution in [2.45, 2.75) is 38.0 Å². The van der Waals surface area contributed by atoms with Crippen molar-refractivity contribution in [3.63, 3.8) is 0 Å². The van der Waals surface area contributed by atoms with E-state index in [-0.39, 0.29) is 26.3 Å². The number of hydrogen-bond donors (Lipinski definition) is 4. The Morgan fingerprint density at radius 3 is 1.82 bits per heavy atom. The molecule has 0 aliphatic rings. The summed E-state index contributed by atoms with van der Waals surface area (Å²) in [6, 6.07) is -2.03. The summed E-state index contributed by atoms with van der Waals surface area (Å²) in [4.78, 5) is 24.3. The minimum Gasteiger partial charge on any atom is -0.328 e. The van der Waals surface area contributed by atoms with E-state index in [4.69, 9.17) is 32.0 Å². The van der Waals surface area contributed by atoms with Crippen molar-refractivity contribution >= 4 is 19.2 Å². The van der Waals surface area contributed by atoms with Crippen molar-refractivity contribution in [2.24, 2.45) is 22.9 Å². The number of ketones is 2. The van der Waals surface area contributed by atoms with Crippen LogP contribution in [0.1, 0.15) is 20.3 Å². The molecule has 0 amide bonds. The van der Waals surface area contributed by atoms with E-state index < -0.39 is 43.3 Å². The Morgan fingerprint density at radius 2 is 1.45 bits per heavy atom. The first-order valence-electron chi connectivity index (χ1n) is 7.13. The zero-order chi connectivity index (χ0) is 17.3. The van der Waals surface area contributed by atoms with Crippen LogP contribution in [-0.4, -0.2) is 55.6 Å². The van der Waals surface area contributed by atoms with Crippen LogP contribution in [0.15, 0.2) is 0 Å². The number of nitrogens with two attached hydrogens (primary N) is 4. The molecule has 0 aromatic carbocycles. The highest BCUT2D eigenvalue weighted by atomic mass is 31.2. The van der Waals surface area contributed by atoms with Gasteiger partial charge in [-0.1, -0.05) is 0 Å². The molecule has 0 bridgehead atoms. The second-order valence-corrected chi connectivity index (χ2v) is 6.87. The first-order valence-corrected chi connectivity index (χ1v) is 8.75. The fourth-order valence-corrected chi connectivity index (χ4v) is 3.84. The van der Waals surface area contributed by atoms with Crippen LogP contribution in [-0.2, 0) is 23.2 Å². The molecule has 0 aliphatic heterocycles. The van der Waals surface area contributed by atoms with Crippen molar-refractivity contribution in [1.82, 2.24) is 0 Å². The van der Waals surface area contributed by atoms with E-state index in [1.165, 1.54) is 0 Å². The number of carbonyl (C=O) groups excluding carboxylic acids is 2. The lowest BCUT2D eigenvalue weighted by Crippen LogP contribution is -2.47. The molecule has 10 heteroatoms. The van der Waals surface area contributed by atoms with Crippen LogP contribution >= 0.6 is 7.60 Å². The van der Waals surface area contributed by atoms with E-state index in [9.17, 15) is 14.2 Å². The van der Waals surface area contributed by atoms with Crippen molar-refractivity contribution in [3.05, 3.63) is 0 Å². The van der Waals surface area contributed by atoms with Crippen LogP contribution in [0.5, 0.6) is 0 Å². The molecule has 0 aliphatic carbocycles. The molecular weight excluding hydrogens is 311 g/mol. The largest absolute Gasteiger partial charge is 0.341 e. The maximum atomic E-state index is 12.8. The van der Waals surface area contributed by atoms with Gasteiger partial charge in [0.25, 0.3) is 0 Å². The van der Waals surface area contributed by atoms with Crippen LogP contribution < -0.4 is 22.9 Å². The fourth-order valence-electron chi connectivity index (χ4n) is 1.78. The fraction of sp³-hybridized carbons (Fsp3) is 0.833. The minimum atomic E-state index is -3.86. The molecule has 3 unspecified atom stereocenters. The number of Topliss-reactive ketones (excluding diaryl/α,β-unsaturated/α-hetero) is 2. The molecule has 3 atom stereocenters. The van der Waals surface area contributed by atoms with Gasteiger partial charge >= 0.3 is 7.60 Å². The highest BCUT2D eigenvalue weighted by molar-refractivity contribution is 7.55. The van der Waals surface area contributed by atoms with Crippen molar-refractivity contribution in [1.29, 1.82) is 0 Å². The van der Waals surface area contributed by atoms with E-state index in [2.05, 4.69) is 0 Å². The van der Waals surface area contributed by atoms with Gasteiger partial charge in [0.1, 0.15) is 5.66 Å². The summed E-state index contributed by atoms with van der Waals surface area (Å²) in [6.45, 7) is 3.07. The van der Waals surface area contributed by atoms with Gasteiger partial charge in [0.05, 0.1) is 25.3 Å². The quantitative estimate of drug-likeness (QED) is 0.316. The number of rotatable bonds is 12. The van der Waals surface area contributed by atoms with E-state index >= 15 is 0 Å². The van der Waals surface area contributed by atoms with E-state index in [1.54, 1.807) is 13.8 Å². The number of hydrogen-bond acceptors (Lipinski definition) is 9. The lowest BCUT2D eigenvalue weighted by molar-refractivity contribution is -0.125. The molecule has 130 valence electrons. The van der Waals surface area contributed by atoms with Gasteiger partial charge in [-0.2, -0.15) is 0 Å². The van der Waals surface area contributed by atoms with Gasteiger partial charge < -0.3 is 32.0 Å². The van der Waals surface area contributed by atoms with Crippen LogP contribution in [0, 0.1) is 0 Å². The molecule has 0 aromatic rings. The smallest absolute Gasteiger partial charge is 0.328 e. The third-order valence-corrected chi connectivity index (χ3v) is 5.45. The lowest BCUT2D eigenvalue weighted by Gasteiger charge is -2.27. The molecule has 0 saturated carbocycles. The Kier molecular flexibility index (Phi) is 9.86. The van der Waals surface area contributed by atoms with Gasteiger partial charge in [-0.05, 0) is 13.8 Å². The Balaban J connectivity index is 5.52. The van der Waals surface area contributed by atoms with Gasteiger partial charge in [-0.3, -0.25) is 14.2 Å². The average Bonchev–Trinajstić information content (AvgIpc) is 2.50. The SMILES string of the molecule is CCOP(=O)(OCC)C(CC(=O)C(N)CN)C(=O)C(N)CN. The molecule has 0 saturated heterocycles. The van der Waals surface area contributed by atoms with Gasteiger partial charge in [0.2, 0.25) is 0 Å². The zero-order valence-electron chi connectivity index (χ0n) is 13.1. The summed E-state index contributed by atoms with van der Waals surface area (Å²) in [5.74, 6) is -1.16. The summed E-state index contributed by atoms with van der Waals surface area (Å²) in [5.41, 5.74) is 20.5. The van der Waals surface area contributed by atoms with E-state index in [0.717, 1.165) is 0 Å². The topological polar surface area (TPSA) is 174 Å². The lowest BCUT2D eigenvalue weighted by atomic mass is 10.0. The van der Waals surface area contributed by atoms with Crippen LogP contribution in [0.2, 0.25) is 0 Å². The van der Waals surface area contributed by atoms with Crippen molar-refractivity contribution in [2.75, 3.05) is 26.3 Å². The zero-order valence-corrected chi connectivity index (χ0v) is 14.0. The summed E-state index contributed by atoms with van der Waals surface area (Å²) in [6.07, 6.45) is -0.415. The van der Waals surface area contributed by atoms with Gasteiger partial charge in [-0.15, -0.1) is 0 Å². The van der Waals surface area contributed by atoms with Gasteiger partial charge in [0, 0.05) is 19.5 Å².